The van der Waals surface area contributed by atoms with Gasteiger partial charge in [-0.25, -0.2) is 15.0 Å². The molecule has 0 radical (unpaired) electrons. The van der Waals surface area contributed by atoms with Gasteiger partial charge in [0.15, 0.2) is 5.82 Å². The predicted octanol–water partition coefficient (Wildman–Crippen LogP) is 8.88. The van der Waals surface area contributed by atoms with Gasteiger partial charge in [-0.15, -0.1) is 0 Å². The van der Waals surface area contributed by atoms with Crippen LogP contribution in [0.4, 0.5) is 0 Å². The van der Waals surface area contributed by atoms with Crippen LogP contribution in [0, 0.1) is 0 Å². The first-order valence-corrected chi connectivity index (χ1v) is 13.3. The van der Waals surface area contributed by atoms with E-state index in [0.717, 1.165) is 33.3 Å². The summed E-state index contributed by atoms with van der Waals surface area (Å²) in [5.41, 5.74) is 4.46. The van der Waals surface area contributed by atoms with Gasteiger partial charge in [0.25, 0.3) is 0 Å². The van der Waals surface area contributed by atoms with Gasteiger partial charge >= 0.3 is 0 Å². The fraction of sp³-hybridized carbons (Fsp3) is 0. The SMILES string of the molecule is c1ccc2cc3c(-c4cc(-c5cccc6cc7ccccc7cc56)nc(-c5cnccn5)n4)cccc3cc2c1. The van der Waals surface area contributed by atoms with Crippen LogP contribution in [0.2, 0.25) is 0 Å². The summed E-state index contributed by atoms with van der Waals surface area (Å²) in [4.78, 5) is 18.9. The summed E-state index contributed by atoms with van der Waals surface area (Å²) >= 11 is 0. The van der Waals surface area contributed by atoms with Crippen molar-refractivity contribution in [2.75, 3.05) is 0 Å². The Labute approximate surface area is 230 Å². The van der Waals surface area contributed by atoms with E-state index in [4.69, 9.17) is 9.97 Å². The van der Waals surface area contributed by atoms with E-state index < -0.39 is 0 Å². The highest BCUT2D eigenvalue weighted by Crippen LogP contribution is 2.36. The first kappa shape index (κ1) is 22.5. The third kappa shape index (κ3) is 3.77. The second-order valence-electron chi connectivity index (χ2n) is 10.0. The molecule has 4 nitrogen and oxygen atoms in total. The number of hydrogen-bond acceptors (Lipinski definition) is 4. The quantitative estimate of drug-likeness (QED) is 0.223. The average molecular weight is 511 g/mol. The molecule has 2 aromatic heterocycles. The molecule has 0 unspecified atom stereocenters. The molecule has 0 bridgehead atoms. The van der Waals surface area contributed by atoms with Gasteiger partial charge in [0, 0.05) is 23.5 Å². The van der Waals surface area contributed by atoms with E-state index in [9.17, 15) is 0 Å². The zero-order chi connectivity index (χ0) is 26.5. The molecule has 0 atom stereocenters. The molecule has 0 N–H and O–H groups in total. The number of aromatic nitrogens is 4. The minimum Gasteiger partial charge on any atom is -0.261 e. The van der Waals surface area contributed by atoms with Crippen molar-refractivity contribution in [2.24, 2.45) is 0 Å². The van der Waals surface area contributed by atoms with Gasteiger partial charge < -0.3 is 0 Å². The summed E-state index contributed by atoms with van der Waals surface area (Å²) in [6.45, 7) is 0. The van der Waals surface area contributed by atoms with Gasteiger partial charge in [-0.2, -0.15) is 0 Å². The molecule has 0 aliphatic heterocycles. The van der Waals surface area contributed by atoms with E-state index in [2.05, 4.69) is 125 Å². The lowest BCUT2D eigenvalue weighted by Gasteiger charge is -2.13. The van der Waals surface area contributed by atoms with Crippen molar-refractivity contribution < 1.29 is 0 Å². The van der Waals surface area contributed by atoms with Crippen LogP contribution in [-0.2, 0) is 0 Å². The Kier molecular flexibility index (Phi) is 5.10. The van der Waals surface area contributed by atoms with Crippen molar-refractivity contribution in [1.82, 2.24) is 19.9 Å². The number of rotatable bonds is 3. The molecule has 0 fully saturated rings. The third-order valence-corrected chi connectivity index (χ3v) is 7.56. The van der Waals surface area contributed by atoms with Crippen molar-refractivity contribution >= 4 is 43.1 Å². The maximum atomic E-state index is 5.05. The minimum absolute atomic E-state index is 0.552. The average Bonchev–Trinajstić information content (AvgIpc) is 3.02. The summed E-state index contributed by atoms with van der Waals surface area (Å²) < 4.78 is 0. The van der Waals surface area contributed by atoms with E-state index in [0.29, 0.717) is 11.5 Å². The Morgan fingerprint density at radius 2 is 0.900 bits per heavy atom. The van der Waals surface area contributed by atoms with Crippen LogP contribution in [0.15, 0.2) is 134 Å². The monoisotopic (exact) mass is 510 g/mol. The smallest absolute Gasteiger partial charge is 0.180 e. The zero-order valence-electron chi connectivity index (χ0n) is 21.5. The molecular weight excluding hydrogens is 488 g/mol. The number of hydrogen-bond donors (Lipinski definition) is 0. The fourth-order valence-corrected chi connectivity index (χ4v) is 5.63. The van der Waals surface area contributed by atoms with Crippen LogP contribution in [0.5, 0.6) is 0 Å². The first-order chi connectivity index (χ1) is 19.8. The molecule has 0 saturated heterocycles. The maximum Gasteiger partial charge on any atom is 0.180 e. The Bertz CT molecular complexity index is 2080. The molecule has 0 saturated carbocycles. The van der Waals surface area contributed by atoms with Gasteiger partial charge in [-0.3, -0.25) is 4.98 Å². The van der Waals surface area contributed by atoms with Crippen LogP contribution in [0.1, 0.15) is 0 Å². The molecule has 0 spiro atoms. The topological polar surface area (TPSA) is 51.6 Å². The van der Waals surface area contributed by atoms with Gasteiger partial charge in [0.1, 0.15) is 5.69 Å². The Morgan fingerprint density at radius 1 is 0.400 bits per heavy atom. The minimum atomic E-state index is 0.552. The van der Waals surface area contributed by atoms with Gasteiger partial charge in [0.2, 0.25) is 0 Å². The molecule has 8 rings (SSSR count). The molecule has 0 aliphatic carbocycles. The molecule has 186 valence electrons. The molecule has 6 aromatic carbocycles. The number of nitrogens with zero attached hydrogens (tertiary/aromatic N) is 4. The van der Waals surface area contributed by atoms with E-state index in [-0.39, 0.29) is 0 Å². The van der Waals surface area contributed by atoms with Gasteiger partial charge in [-0.1, -0.05) is 84.9 Å². The van der Waals surface area contributed by atoms with Crippen LogP contribution in [0.3, 0.4) is 0 Å². The van der Waals surface area contributed by atoms with Gasteiger partial charge in [0.05, 0.1) is 17.6 Å². The van der Waals surface area contributed by atoms with Crippen LogP contribution < -0.4 is 0 Å². The molecular formula is C36H22N4. The molecule has 4 heteroatoms. The standard InChI is InChI=1S/C36H22N4/c1-3-9-25-19-31-27(17-23(25)7-1)11-5-13-29(31)33-21-34(40-36(39-33)35-22-37-15-16-38-35)30-14-6-12-28-18-24-8-2-4-10-26(24)20-32(28)30/h1-22H. The van der Waals surface area contributed by atoms with Crippen molar-refractivity contribution in [3.63, 3.8) is 0 Å². The van der Waals surface area contributed by atoms with Crippen molar-refractivity contribution in [3.8, 4) is 34.0 Å². The maximum absolute atomic E-state index is 5.05. The summed E-state index contributed by atoms with van der Waals surface area (Å²) in [6.07, 6.45) is 5.06. The van der Waals surface area contributed by atoms with Crippen molar-refractivity contribution in [1.29, 1.82) is 0 Å². The summed E-state index contributed by atoms with van der Waals surface area (Å²) in [5.74, 6) is 0.552. The van der Waals surface area contributed by atoms with E-state index in [1.807, 2.05) is 0 Å². The highest BCUT2D eigenvalue weighted by molar-refractivity contribution is 6.06. The van der Waals surface area contributed by atoms with Crippen molar-refractivity contribution in [2.45, 2.75) is 0 Å². The molecule has 0 aliphatic rings. The Hall–Kier alpha value is -5.48. The Morgan fingerprint density at radius 3 is 1.40 bits per heavy atom. The van der Waals surface area contributed by atoms with E-state index >= 15 is 0 Å². The number of fused-ring (bicyclic) bond motifs is 4. The molecule has 40 heavy (non-hydrogen) atoms. The molecule has 8 aromatic rings. The molecule has 2 heterocycles. The van der Waals surface area contributed by atoms with Gasteiger partial charge in [-0.05, 0) is 73.4 Å². The third-order valence-electron chi connectivity index (χ3n) is 7.56. The zero-order valence-corrected chi connectivity index (χ0v) is 21.5. The fourth-order valence-electron chi connectivity index (χ4n) is 5.63. The summed E-state index contributed by atoms with van der Waals surface area (Å²) in [5, 5.41) is 9.50. The lowest BCUT2D eigenvalue weighted by Crippen LogP contribution is -1.98. The van der Waals surface area contributed by atoms with E-state index in [1.54, 1.807) is 18.6 Å². The lowest BCUT2D eigenvalue weighted by molar-refractivity contribution is 1.12. The highest BCUT2D eigenvalue weighted by atomic mass is 14.9. The second kappa shape index (κ2) is 9.07. The first-order valence-electron chi connectivity index (χ1n) is 13.3. The lowest BCUT2D eigenvalue weighted by atomic mass is 9.95. The highest BCUT2D eigenvalue weighted by Gasteiger charge is 2.15. The Balaban J connectivity index is 1.41. The normalized spacial score (nSPS) is 11.5. The number of benzene rings is 6. The summed E-state index contributed by atoms with van der Waals surface area (Å²) in [6, 6.07) is 40.8. The van der Waals surface area contributed by atoms with Crippen LogP contribution in [0.25, 0.3) is 77.1 Å². The largest absolute Gasteiger partial charge is 0.261 e. The van der Waals surface area contributed by atoms with Crippen LogP contribution >= 0.6 is 0 Å². The summed E-state index contributed by atoms with van der Waals surface area (Å²) in [7, 11) is 0. The van der Waals surface area contributed by atoms with Crippen LogP contribution in [-0.4, -0.2) is 19.9 Å². The predicted molar refractivity (Wildman–Crippen MR) is 164 cm³/mol. The van der Waals surface area contributed by atoms with Crippen molar-refractivity contribution in [3.05, 3.63) is 134 Å². The molecule has 0 amide bonds. The van der Waals surface area contributed by atoms with E-state index in [1.165, 1.54) is 32.3 Å². The second-order valence-corrected chi connectivity index (χ2v) is 10.0.